The average molecular weight is 360 g/mol. The van der Waals surface area contributed by atoms with Crippen LogP contribution in [-0.4, -0.2) is 30.9 Å². The highest BCUT2D eigenvalue weighted by molar-refractivity contribution is 7.08. The summed E-state index contributed by atoms with van der Waals surface area (Å²) in [4.78, 5) is 35.1. The van der Waals surface area contributed by atoms with Crippen LogP contribution in [0.1, 0.15) is 27.9 Å². The summed E-state index contributed by atoms with van der Waals surface area (Å²) in [6.07, 6.45) is 0.00666. The zero-order valence-corrected chi connectivity index (χ0v) is 14.9. The first-order valence-corrected chi connectivity index (χ1v) is 8.72. The number of rotatable bonds is 7. The zero-order chi connectivity index (χ0) is 18.2. The van der Waals surface area contributed by atoms with E-state index in [-0.39, 0.29) is 25.5 Å². The number of anilines is 1. The Morgan fingerprint density at radius 2 is 1.84 bits per heavy atom. The van der Waals surface area contributed by atoms with Crippen molar-refractivity contribution in [1.82, 2.24) is 5.32 Å². The summed E-state index contributed by atoms with van der Waals surface area (Å²) in [5, 5.41) is 8.84. The highest BCUT2D eigenvalue weighted by Crippen LogP contribution is 2.13. The fourth-order valence-corrected chi connectivity index (χ4v) is 2.87. The van der Waals surface area contributed by atoms with Crippen molar-refractivity contribution in [1.29, 1.82) is 0 Å². The Morgan fingerprint density at radius 1 is 1.12 bits per heavy atom. The Balaban J connectivity index is 1.67. The number of carbonyl (C=O) groups excluding carboxylic acids is 3. The van der Waals surface area contributed by atoms with Gasteiger partial charge in [-0.2, -0.15) is 11.3 Å². The minimum atomic E-state index is -0.541. The predicted molar refractivity (Wildman–Crippen MR) is 96.8 cm³/mol. The van der Waals surface area contributed by atoms with Crippen LogP contribution in [0, 0.1) is 13.8 Å². The molecule has 0 bridgehead atoms. The van der Waals surface area contributed by atoms with Crippen LogP contribution in [0.25, 0.3) is 0 Å². The molecule has 0 spiro atoms. The van der Waals surface area contributed by atoms with Gasteiger partial charge in [0.15, 0.2) is 6.61 Å². The third kappa shape index (κ3) is 6.39. The molecule has 1 heterocycles. The van der Waals surface area contributed by atoms with Gasteiger partial charge in [0.2, 0.25) is 0 Å². The molecule has 2 aromatic rings. The van der Waals surface area contributed by atoms with Crippen molar-refractivity contribution in [3.05, 3.63) is 51.7 Å². The number of esters is 1. The summed E-state index contributed by atoms with van der Waals surface area (Å²) >= 11 is 1.42. The number of aryl methyl sites for hydroxylation is 2. The van der Waals surface area contributed by atoms with Gasteiger partial charge in [0.25, 0.3) is 11.8 Å². The molecule has 2 rings (SSSR count). The molecule has 0 saturated carbocycles. The topological polar surface area (TPSA) is 84.5 Å². The van der Waals surface area contributed by atoms with E-state index in [1.165, 1.54) is 11.3 Å². The van der Waals surface area contributed by atoms with Crippen LogP contribution in [0.4, 0.5) is 5.69 Å². The summed E-state index contributed by atoms with van der Waals surface area (Å²) in [7, 11) is 0. The van der Waals surface area contributed by atoms with Crippen LogP contribution < -0.4 is 10.6 Å². The molecular weight excluding hydrogens is 340 g/mol. The van der Waals surface area contributed by atoms with Crippen LogP contribution in [0.2, 0.25) is 0 Å². The first kappa shape index (κ1) is 18.7. The third-order valence-corrected chi connectivity index (χ3v) is 3.95. The van der Waals surface area contributed by atoms with Crippen molar-refractivity contribution >= 4 is 34.8 Å². The van der Waals surface area contributed by atoms with Crippen LogP contribution in [0.3, 0.4) is 0 Å². The number of nitrogens with one attached hydrogen (secondary N) is 2. The Hall–Kier alpha value is -2.67. The molecule has 2 amide bonds. The molecule has 0 radical (unpaired) electrons. The Kier molecular flexibility index (Phi) is 6.71. The molecule has 7 heteroatoms. The van der Waals surface area contributed by atoms with Crippen LogP contribution in [0.15, 0.2) is 35.0 Å². The van der Waals surface area contributed by atoms with Crippen LogP contribution in [0.5, 0.6) is 0 Å². The van der Waals surface area contributed by atoms with Gasteiger partial charge < -0.3 is 15.4 Å². The smallest absolute Gasteiger partial charge is 0.308 e. The van der Waals surface area contributed by atoms with Crippen molar-refractivity contribution in [3.63, 3.8) is 0 Å². The van der Waals surface area contributed by atoms with Gasteiger partial charge in [-0.25, -0.2) is 0 Å². The maximum atomic E-state index is 11.8. The van der Waals surface area contributed by atoms with E-state index in [0.717, 1.165) is 11.1 Å². The fourth-order valence-electron chi connectivity index (χ4n) is 2.24. The standard InChI is InChI=1S/C18H20N2O4S/c1-12-7-13(2)9-15(8-12)20-16(21)10-24-17(22)3-5-19-18(23)14-4-6-25-11-14/h4,6-9,11H,3,5,10H2,1-2H3,(H,19,23)(H,20,21). The quantitative estimate of drug-likeness (QED) is 0.744. The van der Waals surface area contributed by atoms with E-state index in [1.807, 2.05) is 32.0 Å². The normalized spacial score (nSPS) is 10.2. The summed E-state index contributed by atoms with van der Waals surface area (Å²) in [5.74, 6) is -1.18. The first-order chi connectivity index (χ1) is 11.9. The summed E-state index contributed by atoms with van der Waals surface area (Å²) in [6.45, 7) is 3.68. The molecule has 132 valence electrons. The highest BCUT2D eigenvalue weighted by Gasteiger charge is 2.10. The molecule has 0 unspecified atom stereocenters. The molecule has 0 aliphatic rings. The summed E-state index contributed by atoms with van der Waals surface area (Å²) in [5.41, 5.74) is 3.30. The molecule has 0 atom stereocenters. The second kappa shape index (κ2) is 8.98. The third-order valence-electron chi connectivity index (χ3n) is 3.27. The van der Waals surface area contributed by atoms with Crippen molar-refractivity contribution in [3.8, 4) is 0 Å². The number of amides is 2. The lowest BCUT2D eigenvalue weighted by atomic mass is 10.1. The van der Waals surface area contributed by atoms with E-state index in [4.69, 9.17) is 4.74 Å². The number of hydrogen-bond acceptors (Lipinski definition) is 5. The lowest BCUT2D eigenvalue weighted by Gasteiger charge is -2.08. The molecule has 1 aromatic heterocycles. The van der Waals surface area contributed by atoms with Gasteiger partial charge in [0, 0.05) is 23.2 Å². The van der Waals surface area contributed by atoms with Gasteiger partial charge in [-0.3, -0.25) is 14.4 Å². The second-order valence-electron chi connectivity index (χ2n) is 5.60. The SMILES string of the molecule is Cc1cc(C)cc(NC(=O)COC(=O)CCNC(=O)c2ccsc2)c1. The van der Waals surface area contributed by atoms with Gasteiger partial charge in [-0.1, -0.05) is 6.07 Å². The molecule has 0 fully saturated rings. The molecule has 25 heavy (non-hydrogen) atoms. The number of thiophene rings is 1. The largest absolute Gasteiger partial charge is 0.456 e. The van der Waals surface area contributed by atoms with Gasteiger partial charge in [-0.15, -0.1) is 0 Å². The number of carbonyl (C=O) groups is 3. The van der Waals surface area contributed by atoms with E-state index in [0.29, 0.717) is 11.3 Å². The monoisotopic (exact) mass is 360 g/mol. The van der Waals surface area contributed by atoms with Gasteiger partial charge in [0.1, 0.15) is 0 Å². The zero-order valence-electron chi connectivity index (χ0n) is 14.1. The number of hydrogen-bond donors (Lipinski definition) is 2. The maximum Gasteiger partial charge on any atom is 0.308 e. The van der Waals surface area contributed by atoms with Crippen LogP contribution >= 0.6 is 11.3 Å². The number of ether oxygens (including phenoxy) is 1. The average Bonchev–Trinajstić information content (AvgIpc) is 3.06. The van der Waals surface area contributed by atoms with Crippen molar-refractivity contribution in [2.24, 2.45) is 0 Å². The van der Waals surface area contributed by atoms with Gasteiger partial charge in [-0.05, 0) is 48.6 Å². The molecule has 1 aromatic carbocycles. The van der Waals surface area contributed by atoms with E-state index in [2.05, 4.69) is 10.6 Å². The van der Waals surface area contributed by atoms with E-state index in [9.17, 15) is 14.4 Å². The first-order valence-electron chi connectivity index (χ1n) is 7.78. The van der Waals surface area contributed by atoms with Crippen LogP contribution in [-0.2, 0) is 14.3 Å². The molecule has 0 aliphatic carbocycles. The van der Waals surface area contributed by atoms with E-state index in [1.54, 1.807) is 16.8 Å². The molecular formula is C18H20N2O4S. The minimum Gasteiger partial charge on any atom is -0.456 e. The molecule has 0 saturated heterocycles. The van der Waals surface area contributed by atoms with Crippen molar-refractivity contribution in [2.45, 2.75) is 20.3 Å². The Bertz CT molecular complexity index is 736. The molecule has 6 nitrogen and oxygen atoms in total. The van der Waals surface area contributed by atoms with E-state index >= 15 is 0 Å². The molecule has 2 N–H and O–H groups in total. The fraction of sp³-hybridized carbons (Fsp3) is 0.278. The lowest BCUT2D eigenvalue weighted by Crippen LogP contribution is -2.27. The Labute approximate surface area is 150 Å². The predicted octanol–water partition coefficient (Wildman–Crippen LogP) is 2.67. The molecule has 0 aliphatic heterocycles. The minimum absolute atomic E-state index is 0.00666. The second-order valence-corrected chi connectivity index (χ2v) is 6.38. The maximum absolute atomic E-state index is 11.8. The van der Waals surface area contributed by atoms with Crippen molar-refractivity contribution < 1.29 is 19.1 Å². The van der Waals surface area contributed by atoms with Gasteiger partial charge in [0.05, 0.1) is 6.42 Å². The Morgan fingerprint density at radius 3 is 2.48 bits per heavy atom. The lowest BCUT2D eigenvalue weighted by molar-refractivity contribution is -0.147. The van der Waals surface area contributed by atoms with Crippen molar-refractivity contribution in [2.75, 3.05) is 18.5 Å². The van der Waals surface area contributed by atoms with Gasteiger partial charge >= 0.3 is 5.97 Å². The highest BCUT2D eigenvalue weighted by atomic mass is 32.1. The summed E-state index contributed by atoms with van der Waals surface area (Å²) < 4.78 is 4.91. The van der Waals surface area contributed by atoms with E-state index < -0.39 is 11.9 Å². The summed E-state index contributed by atoms with van der Waals surface area (Å²) in [6, 6.07) is 7.38. The number of benzene rings is 1.